The van der Waals surface area contributed by atoms with Gasteiger partial charge in [0.2, 0.25) is 10.0 Å². The highest BCUT2D eigenvalue weighted by Crippen LogP contribution is 2.27. The molecule has 0 aromatic carbocycles. The summed E-state index contributed by atoms with van der Waals surface area (Å²) < 4.78 is 35.6. The lowest BCUT2D eigenvalue weighted by Gasteiger charge is -2.21. The van der Waals surface area contributed by atoms with E-state index in [2.05, 4.69) is 4.72 Å². The molecule has 1 aromatic heterocycles. The summed E-state index contributed by atoms with van der Waals surface area (Å²) >= 11 is 0. The van der Waals surface area contributed by atoms with E-state index in [-0.39, 0.29) is 17.5 Å². The molecule has 0 spiro atoms. The number of carbonyl (C=O) groups excluding carboxylic acids is 1. The number of sulfonamides is 1. The van der Waals surface area contributed by atoms with Crippen LogP contribution in [0.4, 0.5) is 0 Å². The number of esters is 1. The Morgan fingerprint density at radius 1 is 1.16 bits per heavy atom. The lowest BCUT2D eigenvalue weighted by atomic mass is 9.97. The molecule has 1 aromatic rings. The van der Waals surface area contributed by atoms with Gasteiger partial charge in [-0.2, -0.15) is 0 Å². The van der Waals surface area contributed by atoms with Gasteiger partial charge in [0.25, 0.3) is 0 Å². The van der Waals surface area contributed by atoms with Gasteiger partial charge in [-0.15, -0.1) is 0 Å². The molecule has 0 atom stereocenters. The second kappa shape index (κ2) is 8.36. The summed E-state index contributed by atoms with van der Waals surface area (Å²) in [6.45, 7) is 5.39. The van der Waals surface area contributed by atoms with Crippen molar-refractivity contribution in [3.05, 3.63) is 17.0 Å². The maximum Gasteiger partial charge on any atom is 0.355 e. The van der Waals surface area contributed by atoms with Gasteiger partial charge in [0, 0.05) is 24.3 Å². The van der Waals surface area contributed by atoms with Gasteiger partial charge in [-0.05, 0) is 33.6 Å². The quantitative estimate of drug-likeness (QED) is 0.808. The van der Waals surface area contributed by atoms with Crippen LogP contribution in [0.5, 0.6) is 0 Å². The van der Waals surface area contributed by atoms with Gasteiger partial charge in [-0.25, -0.2) is 17.9 Å². The van der Waals surface area contributed by atoms with Gasteiger partial charge in [0.05, 0.1) is 6.61 Å². The molecule has 0 aliphatic heterocycles. The maximum absolute atomic E-state index is 13.0. The van der Waals surface area contributed by atoms with E-state index in [0.717, 1.165) is 38.5 Å². The molecule has 0 bridgehead atoms. The Bertz CT molecular complexity index is 714. The minimum atomic E-state index is -3.68. The Morgan fingerprint density at radius 3 is 2.28 bits per heavy atom. The summed E-state index contributed by atoms with van der Waals surface area (Å²) in [5.74, 6) is -0.488. The third-order valence-electron chi connectivity index (χ3n) is 5.03. The zero-order valence-electron chi connectivity index (χ0n) is 15.7. The van der Waals surface area contributed by atoms with E-state index in [9.17, 15) is 13.2 Å². The van der Waals surface area contributed by atoms with Crippen LogP contribution in [0.2, 0.25) is 0 Å². The van der Waals surface area contributed by atoms with Gasteiger partial charge in [-0.3, -0.25) is 0 Å². The highest BCUT2D eigenvalue weighted by atomic mass is 32.2. The van der Waals surface area contributed by atoms with Gasteiger partial charge in [0.1, 0.15) is 10.6 Å². The van der Waals surface area contributed by atoms with Crippen LogP contribution < -0.4 is 4.72 Å². The molecule has 1 fully saturated rings. The third kappa shape index (κ3) is 4.44. The van der Waals surface area contributed by atoms with Crippen LogP contribution in [0.15, 0.2) is 4.90 Å². The molecule has 7 heteroatoms. The first-order valence-electron chi connectivity index (χ1n) is 9.15. The molecule has 1 aliphatic rings. The molecule has 1 saturated carbocycles. The van der Waals surface area contributed by atoms with Crippen LogP contribution in [0.3, 0.4) is 0 Å². The molecule has 142 valence electrons. The zero-order valence-corrected chi connectivity index (χ0v) is 16.5. The molecule has 1 N–H and O–H groups in total. The van der Waals surface area contributed by atoms with Crippen LogP contribution in [-0.4, -0.2) is 31.6 Å². The zero-order chi connectivity index (χ0) is 18.6. The van der Waals surface area contributed by atoms with Gasteiger partial charge >= 0.3 is 5.97 Å². The van der Waals surface area contributed by atoms with E-state index in [4.69, 9.17) is 4.74 Å². The monoisotopic (exact) mass is 370 g/mol. The fourth-order valence-electron chi connectivity index (χ4n) is 3.69. The number of aromatic nitrogens is 1. The van der Waals surface area contributed by atoms with Crippen LogP contribution in [0.25, 0.3) is 0 Å². The number of nitrogens with one attached hydrogen (secondary N) is 1. The molecule has 1 aliphatic carbocycles. The molecule has 0 radical (unpaired) electrons. The average molecular weight is 371 g/mol. The van der Waals surface area contributed by atoms with Crippen molar-refractivity contribution in [3.63, 3.8) is 0 Å². The van der Waals surface area contributed by atoms with Crippen molar-refractivity contribution >= 4 is 16.0 Å². The minimum absolute atomic E-state index is 0.0321. The largest absolute Gasteiger partial charge is 0.461 e. The number of hydrogen-bond acceptors (Lipinski definition) is 4. The standard InChI is InChI=1S/C18H30N2O4S/c1-5-24-18(21)16-13(2)17(14(3)20(16)4)25(22,23)19-15-11-9-7-6-8-10-12-15/h15,19H,5-12H2,1-4H3. The van der Waals surface area contributed by atoms with E-state index in [1.807, 2.05) is 0 Å². The van der Waals surface area contributed by atoms with Crippen LogP contribution in [0.1, 0.15) is 73.6 Å². The highest BCUT2D eigenvalue weighted by molar-refractivity contribution is 7.89. The highest BCUT2D eigenvalue weighted by Gasteiger charge is 2.31. The number of rotatable bonds is 5. The predicted molar refractivity (Wildman–Crippen MR) is 97.3 cm³/mol. The molecule has 0 amide bonds. The second-order valence-electron chi connectivity index (χ2n) is 6.83. The first-order valence-corrected chi connectivity index (χ1v) is 10.6. The fraction of sp³-hybridized carbons (Fsp3) is 0.722. The Labute approximate surface area is 151 Å². The smallest absolute Gasteiger partial charge is 0.355 e. The van der Waals surface area contributed by atoms with Crippen molar-refractivity contribution in [2.75, 3.05) is 6.61 Å². The maximum atomic E-state index is 13.0. The molecule has 2 rings (SSSR count). The van der Waals surface area contributed by atoms with Crippen LogP contribution in [-0.2, 0) is 21.8 Å². The molecule has 0 unspecified atom stereocenters. The van der Waals surface area contributed by atoms with Crippen LogP contribution in [0, 0.1) is 13.8 Å². The lowest BCUT2D eigenvalue weighted by Crippen LogP contribution is -2.35. The molecular weight excluding hydrogens is 340 g/mol. The number of hydrogen-bond donors (Lipinski definition) is 1. The summed E-state index contributed by atoms with van der Waals surface area (Å²) in [5.41, 5.74) is 1.31. The van der Waals surface area contributed by atoms with E-state index >= 15 is 0 Å². The second-order valence-corrected chi connectivity index (χ2v) is 8.48. The first-order chi connectivity index (χ1) is 11.8. The lowest BCUT2D eigenvalue weighted by molar-refractivity contribution is 0.0514. The van der Waals surface area contributed by atoms with Crippen molar-refractivity contribution in [3.8, 4) is 0 Å². The fourth-order valence-corrected chi connectivity index (χ4v) is 5.51. The van der Waals surface area contributed by atoms with Crippen molar-refractivity contribution in [1.29, 1.82) is 0 Å². The average Bonchev–Trinajstić information content (AvgIpc) is 2.72. The van der Waals surface area contributed by atoms with Crippen molar-refractivity contribution in [1.82, 2.24) is 9.29 Å². The van der Waals surface area contributed by atoms with Gasteiger partial charge < -0.3 is 9.30 Å². The minimum Gasteiger partial charge on any atom is -0.461 e. The van der Waals surface area contributed by atoms with E-state index in [1.165, 1.54) is 6.42 Å². The summed E-state index contributed by atoms with van der Waals surface area (Å²) in [6, 6.07) is -0.0321. The summed E-state index contributed by atoms with van der Waals surface area (Å²) in [6.07, 6.45) is 7.40. The summed E-state index contributed by atoms with van der Waals surface area (Å²) in [4.78, 5) is 12.4. The first kappa shape index (κ1) is 20.0. The predicted octanol–water partition coefficient (Wildman–Crippen LogP) is 3.21. The Hall–Kier alpha value is -1.34. The molecule has 1 heterocycles. The normalized spacial score (nSPS) is 17.1. The number of ether oxygens (including phenoxy) is 1. The summed E-state index contributed by atoms with van der Waals surface area (Å²) in [7, 11) is -1.98. The van der Waals surface area contributed by atoms with Crippen LogP contribution >= 0.6 is 0 Å². The topological polar surface area (TPSA) is 77.4 Å². The molecule has 0 saturated heterocycles. The van der Waals surface area contributed by atoms with E-state index in [1.54, 1.807) is 32.4 Å². The third-order valence-corrected chi connectivity index (χ3v) is 6.81. The SMILES string of the molecule is CCOC(=O)c1c(C)c(S(=O)(=O)NC2CCCCCCC2)c(C)n1C. The Balaban J connectivity index is 2.32. The Morgan fingerprint density at radius 2 is 1.72 bits per heavy atom. The van der Waals surface area contributed by atoms with E-state index < -0.39 is 16.0 Å². The van der Waals surface area contributed by atoms with E-state index in [0.29, 0.717) is 17.0 Å². The number of carbonyl (C=O) groups is 1. The molecule has 6 nitrogen and oxygen atoms in total. The van der Waals surface area contributed by atoms with Crippen molar-refractivity contribution in [2.24, 2.45) is 7.05 Å². The number of nitrogens with zero attached hydrogens (tertiary/aromatic N) is 1. The summed E-state index contributed by atoms with van der Waals surface area (Å²) in [5, 5.41) is 0. The van der Waals surface area contributed by atoms with Gasteiger partial charge in [-0.1, -0.05) is 32.1 Å². The molecular formula is C18H30N2O4S. The van der Waals surface area contributed by atoms with Crippen molar-refractivity contribution < 1.29 is 17.9 Å². The van der Waals surface area contributed by atoms with Gasteiger partial charge in [0.15, 0.2) is 0 Å². The Kier molecular flexibility index (Phi) is 6.68. The molecule has 25 heavy (non-hydrogen) atoms. The van der Waals surface area contributed by atoms with Crippen molar-refractivity contribution in [2.45, 2.75) is 76.7 Å².